The second kappa shape index (κ2) is 10.4. The first-order valence-corrected chi connectivity index (χ1v) is 14.6. The van der Waals surface area contributed by atoms with E-state index in [0.29, 0.717) is 15.9 Å². The molecule has 0 unspecified atom stereocenters. The fourth-order valence-corrected chi connectivity index (χ4v) is 6.83. The number of hydrogen-bond donors (Lipinski definition) is 2. The molecule has 4 atom stereocenters. The summed E-state index contributed by atoms with van der Waals surface area (Å²) in [6, 6.07) is 30.5. The molecule has 0 saturated carbocycles. The molecule has 2 aromatic heterocycles. The van der Waals surface area contributed by atoms with Gasteiger partial charge in [-0.2, -0.15) is 4.37 Å². The van der Waals surface area contributed by atoms with Crippen molar-refractivity contribution in [3.63, 3.8) is 0 Å². The number of hydrogen-bond acceptors (Lipinski definition) is 9. The van der Waals surface area contributed by atoms with Gasteiger partial charge in [0.05, 0.1) is 6.61 Å². The van der Waals surface area contributed by atoms with Gasteiger partial charge in [-0.1, -0.05) is 91.0 Å². The van der Waals surface area contributed by atoms with Crippen LogP contribution in [-0.4, -0.2) is 45.0 Å². The number of nitrogens with one attached hydrogen (secondary N) is 1. The minimum Gasteiger partial charge on any atom is -0.369 e. The summed E-state index contributed by atoms with van der Waals surface area (Å²) in [5.74, 6) is -0.827. The highest BCUT2D eigenvalue weighted by Gasteiger charge is 2.57. The average Bonchev–Trinajstić information content (AvgIpc) is 3.66. The van der Waals surface area contributed by atoms with E-state index in [1.165, 1.54) is 0 Å². The van der Waals surface area contributed by atoms with Gasteiger partial charge in [0.1, 0.15) is 45.9 Å². The topological polar surface area (TPSA) is 122 Å². The number of aromatic nitrogens is 3. The maximum Gasteiger partial charge on any atom is 0.271 e. The maximum atomic E-state index is 12.5. The molecule has 0 spiro atoms. The summed E-state index contributed by atoms with van der Waals surface area (Å²) in [6.45, 7) is 3.94. The van der Waals surface area contributed by atoms with E-state index in [1.54, 1.807) is 0 Å². The lowest BCUT2D eigenvalue weighted by Crippen LogP contribution is -2.39. The van der Waals surface area contributed by atoms with Crippen LogP contribution in [0.5, 0.6) is 0 Å². The van der Waals surface area contributed by atoms with Crippen molar-refractivity contribution < 1.29 is 18.9 Å². The van der Waals surface area contributed by atoms with Gasteiger partial charge in [0, 0.05) is 0 Å². The van der Waals surface area contributed by atoms with Crippen molar-refractivity contribution in [3.8, 4) is 0 Å². The Morgan fingerprint density at radius 2 is 1.45 bits per heavy atom. The number of nitrogens with zero attached hydrogens (tertiary/aromatic N) is 2. The molecule has 5 aromatic rings. The first-order chi connectivity index (χ1) is 20.4. The molecule has 3 aromatic carbocycles. The maximum absolute atomic E-state index is 12.5. The Kier molecular flexibility index (Phi) is 6.68. The van der Waals surface area contributed by atoms with Crippen LogP contribution in [0.4, 0.5) is 5.95 Å². The van der Waals surface area contributed by atoms with Crippen molar-refractivity contribution in [3.05, 3.63) is 124 Å². The van der Waals surface area contributed by atoms with Gasteiger partial charge >= 0.3 is 0 Å². The number of ether oxygens (including phenoxy) is 4. The molecule has 4 heterocycles. The van der Waals surface area contributed by atoms with Crippen LogP contribution in [0.15, 0.2) is 95.8 Å². The van der Waals surface area contributed by atoms with E-state index in [4.69, 9.17) is 24.7 Å². The number of rotatable bonds is 7. The Bertz CT molecular complexity index is 1660. The van der Waals surface area contributed by atoms with E-state index in [0.717, 1.165) is 28.2 Å². The number of benzene rings is 3. The minimum absolute atomic E-state index is 0.0191. The fourth-order valence-electron chi connectivity index (χ4n) is 6.07. The fraction of sp³-hybridized carbons (Fsp3) is 0.281. The van der Waals surface area contributed by atoms with Crippen LogP contribution in [-0.2, 0) is 24.5 Å². The monoisotopic (exact) mass is 582 g/mol. The van der Waals surface area contributed by atoms with E-state index in [9.17, 15) is 4.79 Å². The van der Waals surface area contributed by atoms with Crippen molar-refractivity contribution in [2.75, 3.05) is 12.3 Å². The lowest BCUT2D eigenvalue weighted by Gasteiger charge is -2.37. The Morgan fingerprint density at radius 3 is 2.02 bits per heavy atom. The van der Waals surface area contributed by atoms with Crippen LogP contribution in [0.1, 0.15) is 42.3 Å². The van der Waals surface area contributed by atoms with Crippen molar-refractivity contribution in [2.24, 2.45) is 0 Å². The summed E-state index contributed by atoms with van der Waals surface area (Å²) in [4.78, 5) is 19.4. The molecule has 0 amide bonds. The molecule has 0 aliphatic carbocycles. The highest BCUT2D eigenvalue weighted by atomic mass is 32.1. The number of aromatic amines is 1. The van der Waals surface area contributed by atoms with Gasteiger partial charge in [0.15, 0.2) is 5.79 Å². The van der Waals surface area contributed by atoms with Gasteiger partial charge in [0.2, 0.25) is 5.95 Å². The summed E-state index contributed by atoms with van der Waals surface area (Å²) in [5, 5.41) is 0. The first kappa shape index (κ1) is 26.9. The van der Waals surface area contributed by atoms with Gasteiger partial charge in [-0.25, -0.2) is 4.98 Å². The number of anilines is 1. The summed E-state index contributed by atoms with van der Waals surface area (Å²) in [5.41, 5.74) is 8.50. The van der Waals surface area contributed by atoms with Crippen molar-refractivity contribution >= 4 is 27.7 Å². The Hall–Kier alpha value is -3.93. The zero-order valence-electron chi connectivity index (χ0n) is 23.1. The van der Waals surface area contributed by atoms with Gasteiger partial charge in [-0.15, -0.1) is 0 Å². The van der Waals surface area contributed by atoms with Crippen molar-refractivity contribution in [2.45, 2.75) is 49.7 Å². The van der Waals surface area contributed by atoms with Gasteiger partial charge in [-0.05, 0) is 42.1 Å². The van der Waals surface area contributed by atoms with Gasteiger partial charge in [-0.3, -0.25) is 9.78 Å². The van der Waals surface area contributed by atoms with E-state index in [1.807, 2.05) is 68.4 Å². The van der Waals surface area contributed by atoms with Crippen LogP contribution in [0.25, 0.3) is 10.2 Å². The molecule has 2 saturated heterocycles. The minimum atomic E-state index is -0.924. The van der Waals surface area contributed by atoms with Crippen LogP contribution < -0.4 is 11.3 Å². The molecule has 3 N–H and O–H groups in total. The summed E-state index contributed by atoms with van der Waals surface area (Å²) < 4.78 is 31.4. The molecule has 214 valence electrons. The zero-order chi connectivity index (χ0) is 28.9. The Morgan fingerprint density at radius 1 is 0.905 bits per heavy atom. The molecule has 9 nitrogen and oxygen atoms in total. The largest absolute Gasteiger partial charge is 0.369 e. The van der Waals surface area contributed by atoms with Crippen LogP contribution in [0, 0.1) is 0 Å². The van der Waals surface area contributed by atoms with Crippen LogP contribution in [0.2, 0.25) is 0 Å². The van der Waals surface area contributed by atoms with Crippen LogP contribution in [0.3, 0.4) is 0 Å². The second-order valence-corrected chi connectivity index (χ2v) is 11.7. The predicted molar refractivity (Wildman–Crippen MR) is 159 cm³/mol. The quantitative estimate of drug-likeness (QED) is 0.259. The predicted octanol–water partition coefficient (Wildman–Crippen LogP) is 4.93. The van der Waals surface area contributed by atoms with Gasteiger partial charge in [0.25, 0.3) is 5.56 Å². The number of nitrogen functional groups attached to an aromatic ring is 1. The molecular weight excluding hydrogens is 552 g/mol. The highest BCUT2D eigenvalue weighted by Crippen LogP contribution is 2.48. The van der Waals surface area contributed by atoms with Crippen molar-refractivity contribution in [1.82, 2.24) is 14.3 Å². The van der Waals surface area contributed by atoms with E-state index < -0.39 is 35.8 Å². The second-order valence-electron chi connectivity index (χ2n) is 10.9. The third-order valence-electron chi connectivity index (χ3n) is 7.80. The Labute approximate surface area is 246 Å². The first-order valence-electron chi connectivity index (χ1n) is 13.8. The smallest absolute Gasteiger partial charge is 0.271 e. The third-order valence-corrected chi connectivity index (χ3v) is 8.65. The lowest BCUT2D eigenvalue weighted by molar-refractivity contribution is -0.196. The molecule has 2 fully saturated rings. The summed E-state index contributed by atoms with van der Waals surface area (Å²) in [6.07, 6.45) is -2.07. The zero-order valence-corrected chi connectivity index (χ0v) is 23.9. The molecule has 2 aliphatic rings. The standard InChI is InChI=1S/C32H30N4O5S/c1-31(2)40-25-22(39-26(27(25)41-31)23-24-28(42-36-23)29(37)35-30(33)34-24)18-38-32(19-12-6-3-7-13-19,20-14-8-4-9-15-20)21-16-10-5-11-17-21/h3-17,22,25-27H,18H2,1-2H3,(H3,33,34,35,37)/t22-,25-,26+,27-/m1/s1. The molecule has 0 bridgehead atoms. The van der Waals surface area contributed by atoms with Crippen molar-refractivity contribution in [1.29, 1.82) is 0 Å². The molecule has 2 aliphatic heterocycles. The summed E-state index contributed by atoms with van der Waals surface area (Å²) in [7, 11) is 0. The van der Waals surface area contributed by atoms with E-state index in [2.05, 4.69) is 50.7 Å². The molecule has 7 rings (SSSR count). The normalized spacial score (nSPS) is 23.3. The third kappa shape index (κ3) is 4.52. The van der Waals surface area contributed by atoms with Gasteiger partial charge < -0.3 is 24.7 Å². The Balaban J connectivity index is 1.29. The molecule has 42 heavy (non-hydrogen) atoms. The number of fused-ring (bicyclic) bond motifs is 2. The van der Waals surface area contributed by atoms with Crippen LogP contribution >= 0.6 is 11.5 Å². The highest BCUT2D eigenvalue weighted by molar-refractivity contribution is 7.13. The van der Waals surface area contributed by atoms with E-state index in [-0.39, 0.29) is 18.1 Å². The SMILES string of the molecule is CC1(C)O[C@@H]2[C@H](O1)[C@@H](COC(c1ccccc1)(c1ccccc1)c1ccccc1)O[C@H]2c1nsc2c(=O)[nH]c(N)nc12. The number of nitrogens with two attached hydrogens (primary N) is 1. The molecular formula is C32H30N4O5S. The van der Waals surface area contributed by atoms with E-state index >= 15 is 0 Å². The lowest BCUT2D eigenvalue weighted by atomic mass is 9.80. The number of H-pyrrole nitrogens is 1. The molecule has 0 radical (unpaired) electrons. The average molecular weight is 583 g/mol. The summed E-state index contributed by atoms with van der Waals surface area (Å²) >= 11 is 1.06. The molecule has 10 heteroatoms.